The minimum Gasteiger partial charge on any atom is -0.342 e. The van der Waals surface area contributed by atoms with Crippen molar-refractivity contribution in [3.8, 4) is 11.3 Å². The lowest BCUT2D eigenvalue weighted by Gasteiger charge is -2.12. The predicted molar refractivity (Wildman–Crippen MR) is 130 cm³/mol. The van der Waals surface area contributed by atoms with E-state index >= 15 is 0 Å². The number of hydrogen-bond donors (Lipinski definition) is 2. The highest BCUT2D eigenvalue weighted by atomic mass is 35.5. The fraction of sp³-hybridized carbons (Fsp3) is 0.136. The van der Waals surface area contributed by atoms with Crippen LogP contribution in [0, 0.1) is 0 Å². The van der Waals surface area contributed by atoms with Gasteiger partial charge in [-0.15, -0.1) is 11.3 Å². The van der Waals surface area contributed by atoms with E-state index in [-0.39, 0.29) is 21.4 Å². The summed E-state index contributed by atoms with van der Waals surface area (Å²) in [6.07, 6.45) is 1.65. The standard InChI is InChI=1S/C22H14Cl2F3N7O2S/c1-10(33-20(36)18-16(24)17(31-9-32-18)11-2-4-28-5-3-11)21-30-8-14(37-21)19(35)34-15-6-12(22(25,26)27)13(23)7-29-15/h2-10H,1H3,(H,33,36)(H,29,34,35)/t10-/m1/s1. The molecule has 0 saturated carbocycles. The molecule has 4 heterocycles. The second kappa shape index (κ2) is 10.7. The van der Waals surface area contributed by atoms with E-state index in [2.05, 4.69) is 35.6 Å². The molecule has 0 unspecified atom stereocenters. The van der Waals surface area contributed by atoms with Gasteiger partial charge < -0.3 is 10.6 Å². The van der Waals surface area contributed by atoms with E-state index in [9.17, 15) is 22.8 Å². The molecule has 0 fully saturated rings. The third-order valence-corrected chi connectivity index (χ3v) is 6.66. The van der Waals surface area contributed by atoms with Gasteiger partial charge in [0.25, 0.3) is 11.8 Å². The smallest absolute Gasteiger partial charge is 0.342 e. The first-order valence-corrected chi connectivity index (χ1v) is 11.8. The Labute approximate surface area is 221 Å². The summed E-state index contributed by atoms with van der Waals surface area (Å²) in [5.41, 5.74) is -0.178. The molecule has 15 heteroatoms. The summed E-state index contributed by atoms with van der Waals surface area (Å²) in [4.78, 5) is 45.3. The Morgan fingerprint density at radius 1 is 1.03 bits per heavy atom. The summed E-state index contributed by atoms with van der Waals surface area (Å²) in [7, 11) is 0. The van der Waals surface area contributed by atoms with Crippen molar-refractivity contribution in [1.82, 2.24) is 30.2 Å². The van der Waals surface area contributed by atoms with Crippen molar-refractivity contribution < 1.29 is 22.8 Å². The number of aromatic nitrogens is 5. The zero-order valence-corrected chi connectivity index (χ0v) is 20.9. The van der Waals surface area contributed by atoms with Crippen LogP contribution in [0.25, 0.3) is 11.3 Å². The summed E-state index contributed by atoms with van der Waals surface area (Å²) >= 11 is 12.9. The van der Waals surface area contributed by atoms with E-state index < -0.39 is 34.6 Å². The Balaban J connectivity index is 1.46. The Bertz CT molecular complexity index is 1470. The van der Waals surface area contributed by atoms with Gasteiger partial charge in [0.15, 0.2) is 5.69 Å². The molecular formula is C22H14Cl2F3N7O2S. The maximum atomic E-state index is 13.1. The zero-order chi connectivity index (χ0) is 26.7. The molecule has 0 radical (unpaired) electrons. The molecule has 0 bridgehead atoms. The lowest BCUT2D eigenvalue weighted by atomic mass is 10.1. The number of nitrogens with one attached hydrogen (secondary N) is 2. The van der Waals surface area contributed by atoms with Crippen molar-refractivity contribution in [1.29, 1.82) is 0 Å². The number of hydrogen-bond acceptors (Lipinski definition) is 8. The SMILES string of the molecule is C[C@@H](NC(=O)c1ncnc(-c2ccncc2)c1Cl)c1ncc(C(=O)Nc2cc(C(F)(F)F)c(Cl)cn2)s1. The molecule has 0 aromatic carbocycles. The van der Waals surface area contributed by atoms with Crippen LogP contribution in [0.2, 0.25) is 10.0 Å². The summed E-state index contributed by atoms with van der Waals surface area (Å²) < 4.78 is 39.2. The first-order valence-electron chi connectivity index (χ1n) is 10.3. The first-order chi connectivity index (χ1) is 17.5. The van der Waals surface area contributed by atoms with Crippen LogP contribution >= 0.6 is 34.5 Å². The monoisotopic (exact) mass is 567 g/mol. The number of pyridine rings is 2. The van der Waals surface area contributed by atoms with Crippen LogP contribution in [-0.4, -0.2) is 36.7 Å². The van der Waals surface area contributed by atoms with E-state index in [1.807, 2.05) is 0 Å². The maximum absolute atomic E-state index is 13.1. The van der Waals surface area contributed by atoms with Crippen LogP contribution in [0.15, 0.2) is 49.3 Å². The molecule has 0 saturated heterocycles. The molecule has 0 aliphatic heterocycles. The average Bonchev–Trinajstić information content (AvgIpc) is 3.36. The molecule has 2 amide bonds. The number of rotatable bonds is 6. The number of carbonyl (C=O) groups excluding carboxylic acids is 2. The summed E-state index contributed by atoms with van der Waals surface area (Å²) in [6.45, 7) is 1.63. The van der Waals surface area contributed by atoms with Crippen molar-refractivity contribution in [2.75, 3.05) is 5.32 Å². The van der Waals surface area contributed by atoms with Gasteiger partial charge in [-0.05, 0) is 25.1 Å². The van der Waals surface area contributed by atoms with Crippen LogP contribution in [0.3, 0.4) is 0 Å². The summed E-state index contributed by atoms with van der Waals surface area (Å²) in [5.74, 6) is -1.66. The minimum atomic E-state index is -4.71. The second-order valence-corrected chi connectivity index (χ2v) is 9.23. The lowest BCUT2D eigenvalue weighted by Crippen LogP contribution is -2.27. The Kier molecular flexibility index (Phi) is 7.66. The van der Waals surface area contributed by atoms with E-state index in [0.29, 0.717) is 22.3 Å². The molecule has 0 aliphatic carbocycles. The minimum absolute atomic E-state index is 0.0475. The topological polar surface area (TPSA) is 123 Å². The maximum Gasteiger partial charge on any atom is 0.418 e. The van der Waals surface area contributed by atoms with E-state index in [1.165, 1.54) is 12.5 Å². The molecule has 9 nitrogen and oxygen atoms in total. The molecule has 37 heavy (non-hydrogen) atoms. The number of anilines is 1. The Morgan fingerprint density at radius 3 is 2.46 bits per heavy atom. The fourth-order valence-corrected chi connectivity index (χ4v) is 4.38. The number of alkyl halides is 3. The summed E-state index contributed by atoms with van der Waals surface area (Å²) in [6, 6.07) is 3.35. The molecule has 0 spiro atoms. The van der Waals surface area contributed by atoms with Gasteiger partial charge in [0.1, 0.15) is 22.0 Å². The fourth-order valence-electron chi connectivity index (χ4n) is 3.06. The molecule has 0 aliphatic rings. The molecule has 190 valence electrons. The second-order valence-electron chi connectivity index (χ2n) is 7.38. The van der Waals surface area contributed by atoms with Gasteiger partial charge in [-0.25, -0.2) is 19.9 Å². The summed E-state index contributed by atoms with van der Waals surface area (Å²) in [5, 5.41) is 4.80. The average molecular weight is 568 g/mol. The van der Waals surface area contributed by atoms with Crippen LogP contribution in [-0.2, 0) is 6.18 Å². The van der Waals surface area contributed by atoms with Gasteiger partial charge in [0.05, 0.1) is 33.5 Å². The van der Waals surface area contributed by atoms with Crippen molar-refractivity contribution in [2.45, 2.75) is 19.1 Å². The van der Waals surface area contributed by atoms with Gasteiger partial charge in [-0.2, -0.15) is 13.2 Å². The molecule has 4 aromatic rings. The van der Waals surface area contributed by atoms with Gasteiger partial charge in [-0.3, -0.25) is 14.6 Å². The highest BCUT2D eigenvalue weighted by molar-refractivity contribution is 7.13. The Hall–Kier alpha value is -3.68. The lowest BCUT2D eigenvalue weighted by molar-refractivity contribution is -0.137. The number of halogens is 5. The third-order valence-electron chi connectivity index (χ3n) is 4.83. The normalized spacial score (nSPS) is 12.2. The third kappa shape index (κ3) is 6.01. The van der Waals surface area contributed by atoms with Crippen molar-refractivity contribution in [2.24, 2.45) is 0 Å². The van der Waals surface area contributed by atoms with Gasteiger partial charge in [0.2, 0.25) is 0 Å². The molecule has 4 aromatic heterocycles. The van der Waals surface area contributed by atoms with Crippen molar-refractivity contribution >= 4 is 52.2 Å². The molecule has 4 rings (SSSR count). The van der Waals surface area contributed by atoms with Crippen molar-refractivity contribution in [3.05, 3.63) is 80.5 Å². The number of amides is 2. The zero-order valence-electron chi connectivity index (χ0n) is 18.5. The van der Waals surface area contributed by atoms with Gasteiger partial charge >= 0.3 is 6.18 Å². The van der Waals surface area contributed by atoms with Crippen LogP contribution in [0.5, 0.6) is 0 Å². The van der Waals surface area contributed by atoms with E-state index in [0.717, 1.165) is 17.5 Å². The number of carbonyl (C=O) groups is 2. The molecular weight excluding hydrogens is 554 g/mol. The van der Waals surface area contributed by atoms with Gasteiger partial charge in [-0.1, -0.05) is 23.2 Å². The van der Waals surface area contributed by atoms with Gasteiger partial charge in [0, 0.05) is 24.2 Å². The quantitative estimate of drug-likeness (QED) is 0.317. The van der Waals surface area contributed by atoms with E-state index in [1.54, 1.807) is 31.5 Å². The molecule has 2 N–H and O–H groups in total. The van der Waals surface area contributed by atoms with Crippen LogP contribution < -0.4 is 10.6 Å². The molecule has 1 atom stereocenters. The predicted octanol–water partition coefficient (Wildman–Crippen LogP) is 5.46. The van der Waals surface area contributed by atoms with E-state index in [4.69, 9.17) is 23.2 Å². The van der Waals surface area contributed by atoms with Crippen LogP contribution in [0.4, 0.5) is 19.0 Å². The van der Waals surface area contributed by atoms with Crippen LogP contribution in [0.1, 0.15) is 43.7 Å². The highest BCUT2D eigenvalue weighted by Gasteiger charge is 2.34. The largest absolute Gasteiger partial charge is 0.418 e. The van der Waals surface area contributed by atoms with Crippen molar-refractivity contribution in [3.63, 3.8) is 0 Å². The first kappa shape index (κ1) is 26.4. The number of thiazole rings is 1. The number of nitrogens with zero attached hydrogens (tertiary/aromatic N) is 5. The highest BCUT2D eigenvalue weighted by Crippen LogP contribution is 2.35. The Morgan fingerprint density at radius 2 is 1.76 bits per heavy atom.